The SMILES string of the molecule is CN(C)CC1CCC/C1=N\O. The second-order valence-electron chi connectivity index (χ2n) is 3.44. The van der Waals surface area contributed by atoms with Gasteiger partial charge >= 0.3 is 0 Å². The predicted octanol–water partition coefficient (Wildman–Crippen LogP) is 1.18. The Kier molecular flexibility index (Phi) is 2.88. The van der Waals surface area contributed by atoms with Crippen LogP contribution in [0.1, 0.15) is 19.3 Å². The molecule has 0 bridgehead atoms. The molecule has 3 heteroatoms. The third kappa shape index (κ3) is 2.19. The van der Waals surface area contributed by atoms with Crippen molar-refractivity contribution in [3.8, 4) is 0 Å². The Balaban J connectivity index is 2.44. The van der Waals surface area contributed by atoms with E-state index in [0.29, 0.717) is 5.92 Å². The molecule has 1 fully saturated rings. The van der Waals surface area contributed by atoms with Crippen molar-refractivity contribution in [1.29, 1.82) is 0 Å². The molecule has 1 saturated carbocycles. The lowest BCUT2D eigenvalue weighted by Crippen LogP contribution is -2.24. The fourth-order valence-corrected chi connectivity index (χ4v) is 1.67. The van der Waals surface area contributed by atoms with E-state index in [1.54, 1.807) is 0 Å². The number of nitrogens with zero attached hydrogens (tertiary/aromatic N) is 2. The Morgan fingerprint density at radius 3 is 2.91 bits per heavy atom. The van der Waals surface area contributed by atoms with Gasteiger partial charge in [0.15, 0.2) is 0 Å². The van der Waals surface area contributed by atoms with Gasteiger partial charge in [0.1, 0.15) is 0 Å². The second kappa shape index (κ2) is 3.72. The summed E-state index contributed by atoms with van der Waals surface area (Å²) in [5.74, 6) is 0.495. The van der Waals surface area contributed by atoms with Gasteiger partial charge in [-0.2, -0.15) is 0 Å². The van der Waals surface area contributed by atoms with Crippen LogP contribution in [0.25, 0.3) is 0 Å². The van der Waals surface area contributed by atoms with Gasteiger partial charge in [-0.3, -0.25) is 0 Å². The van der Waals surface area contributed by atoms with E-state index in [-0.39, 0.29) is 0 Å². The van der Waals surface area contributed by atoms with E-state index < -0.39 is 0 Å². The Hall–Kier alpha value is -0.570. The number of rotatable bonds is 2. The second-order valence-corrected chi connectivity index (χ2v) is 3.44. The van der Waals surface area contributed by atoms with Crippen LogP contribution >= 0.6 is 0 Å². The molecule has 0 spiro atoms. The third-order valence-electron chi connectivity index (χ3n) is 2.17. The van der Waals surface area contributed by atoms with Crippen LogP contribution in [0.3, 0.4) is 0 Å². The summed E-state index contributed by atoms with van der Waals surface area (Å²) >= 11 is 0. The number of hydrogen-bond donors (Lipinski definition) is 1. The van der Waals surface area contributed by atoms with Crippen LogP contribution in [-0.2, 0) is 0 Å². The Bertz CT molecular complexity index is 154. The zero-order chi connectivity index (χ0) is 8.27. The van der Waals surface area contributed by atoms with Crippen molar-refractivity contribution in [3.05, 3.63) is 0 Å². The van der Waals surface area contributed by atoms with Crippen molar-refractivity contribution in [1.82, 2.24) is 4.90 Å². The fraction of sp³-hybridized carbons (Fsp3) is 0.875. The lowest BCUT2D eigenvalue weighted by atomic mass is 10.1. The highest BCUT2D eigenvalue weighted by Crippen LogP contribution is 2.22. The summed E-state index contributed by atoms with van der Waals surface area (Å²) in [5, 5.41) is 11.9. The maximum atomic E-state index is 8.62. The van der Waals surface area contributed by atoms with Crippen LogP contribution in [0.5, 0.6) is 0 Å². The van der Waals surface area contributed by atoms with Gasteiger partial charge in [-0.05, 0) is 33.4 Å². The van der Waals surface area contributed by atoms with Crippen LogP contribution in [-0.4, -0.2) is 36.5 Å². The third-order valence-corrected chi connectivity index (χ3v) is 2.17. The molecule has 0 saturated heterocycles. The summed E-state index contributed by atoms with van der Waals surface area (Å²) in [6.07, 6.45) is 3.34. The molecule has 3 nitrogen and oxygen atoms in total. The van der Waals surface area contributed by atoms with Gasteiger partial charge in [-0.25, -0.2) is 0 Å². The van der Waals surface area contributed by atoms with Crippen LogP contribution in [0.15, 0.2) is 5.16 Å². The minimum absolute atomic E-state index is 0.495. The number of oxime groups is 1. The van der Waals surface area contributed by atoms with Crippen molar-refractivity contribution >= 4 is 5.71 Å². The van der Waals surface area contributed by atoms with Crippen molar-refractivity contribution in [2.75, 3.05) is 20.6 Å². The van der Waals surface area contributed by atoms with Crippen LogP contribution < -0.4 is 0 Å². The maximum absolute atomic E-state index is 8.62. The van der Waals surface area contributed by atoms with Crippen molar-refractivity contribution in [2.45, 2.75) is 19.3 Å². The van der Waals surface area contributed by atoms with Crippen molar-refractivity contribution in [2.24, 2.45) is 11.1 Å². The molecule has 0 radical (unpaired) electrons. The predicted molar refractivity (Wildman–Crippen MR) is 45.1 cm³/mol. The standard InChI is InChI=1S/C8H16N2O/c1-10(2)6-7-4-3-5-8(7)9-11/h7,11H,3-6H2,1-2H3/b9-8+. The summed E-state index contributed by atoms with van der Waals surface area (Å²) in [4.78, 5) is 2.14. The average molecular weight is 156 g/mol. The summed E-state index contributed by atoms with van der Waals surface area (Å²) in [7, 11) is 4.10. The monoisotopic (exact) mass is 156 g/mol. The lowest BCUT2D eigenvalue weighted by Gasteiger charge is -2.15. The smallest absolute Gasteiger partial charge is 0.0614 e. The summed E-state index contributed by atoms with van der Waals surface area (Å²) in [6, 6.07) is 0. The first-order valence-corrected chi connectivity index (χ1v) is 4.09. The van der Waals surface area contributed by atoms with E-state index in [1.807, 2.05) is 14.1 Å². The van der Waals surface area contributed by atoms with Gasteiger partial charge in [0.05, 0.1) is 5.71 Å². The Labute approximate surface area is 67.7 Å². The van der Waals surface area contributed by atoms with Gasteiger partial charge in [0, 0.05) is 12.5 Å². The molecule has 64 valence electrons. The molecule has 1 aliphatic carbocycles. The first kappa shape index (κ1) is 8.53. The van der Waals surface area contributed by atoms with Gasteiger partial charge < -0.3 is 10.1 Å². The summed E-state index contributed by atoms with van der Waals surface area (Å²) < 4.78 is 0. The highest BCUT2D eigenvalue weighted by molar-refractivity contribution is 5.88. The van der Waals surface area contributed by atoms with E-state index in [1.165, 1.54) is 12.8 Å². The van der Waals surface area contributed by atoms with E-state index >= 15 is 0 Å². The van der Waals surface area contributed by atoms with E-state index in [4.69, 9.17) is 5.21 Å². The molecular formula is C8H16N2O. The van der Waals surface area contributed by atoms with Crippen LogP contribution in [0, 0.1) is 5.92 Å². The molecule has 0 aromatic heterocycles. The molecular weight excluding hydrogens is 140 g/mol. The summed E-state index contributed by atoms with van der Waals surface area (Å²) in [6.45, 7) is 1.01. The van der Waals surface area contributed by atoms with E-state index in [9.17, 15) is 0 Å². The molecule has 1 aliphatic rings. The van der Waals surface area contributed by atoms with Gasteiger partial charge in [-0.1, -0.05) is 5.16 Å². The minimum Gasteiger partial charge on any atom is -0.411 e. The zero-order valence-corrected chi connectivity index (χ0v) is 7.25. The highest BCUT2D eigenvalue weighted by Gasteiger charge is 2.23. The van der Waals surface area contributed by atoms with E-state index in [0.717, 1.165) is 18.7 Å². The largest absolute Gasteiger partial charge is 0.411 e. The molecule has 0 aliphatic heterocycles. The fourth-order valence-electron chi connectivity index (χ4n) is 1.67. The molecule has 0 aromatic carbocycles. The van der Waals surface area contributed by atoms with Gasteiger partial charge in [0.25, 0.3) is 0 Å². The van der Waals surface area contributed by atoms with E-state index in [2.05, 4.69) is 10.1 Å². The van der Waals surface area contributed by atoms with Gasteiger partial charge in [0.2, 0.25) is 0 Å². The molecule has 1 N–H and O–H groups in total. The van der Waals surface area contributed by atoms with Gasteiger partial charge in [-0.15, -0.1) is 0 Å². The highest BCUT2D eigenvalue weighted by atomic mass is 16.4. The minimum atomic E-state index is 0.495. The van der Waals surface area contributed by atoms with Crippen LogP contribution in [0.4, 0.5) is 0 Å². The molecule has 0 aromatic rings. The first-order valence-electron chi connectivity index (χ1n) is 4.09. The summed E-state index contributed by atoms with van der Waals surface area (Å²) in [5.41, 5.74) is 0.985. The topological polar surface area (TPSA) is 35.8 Å². The molecule has 1 unspecified atom stereocenters. The average Bonchev–Trinajstić information content (AvgIpc) is 2.34. The normalized spacial score (nSPS) is 28.6. The maximum Gasteiger partial charge on any atom is 0.0614 e. The Morgan fingerprint density at radius 2 is 2.36 bits per heavy atom. The first-order chi connectivity index (χ1) is 5.24. The van der Waals surface area contributed by atoms with Crippen molar-refractivity contribution in [3.63, 3.8) is 0 Å². The molecule has 11 heavy (non-hydrogen) atoms. The molecule has 1 rings (SSSR count). The number of hydrogen-bond acceptors (Lipinski definition) is 3. The molecule has 0 amide bonds. The quantitative estimate of drug-likeness (QED) is 0.481. The Morgan fingerprint density at radius 1 is 1.64 bits per heavy atom. The lowest BCUT2D eigenvalue weighted by molar-refractivity contribution is 0.309. The molecule has 1 atom stereocenters. The van der Waals surface area contributed by atoms with Crippen LogP contribution in [0.2, 0.25) is 0 Å². The molecule has 0 heterocycles. The van der Waals surface area contributed by atoms with Crippen molar-refractivity contribution < 1.29 is 5.21 Å². The zero-order valence-electron chi connectivity index (χ0n) is 7.25.